The van der Waals surface area contributed by atoms with Gasteiger partial charge in [-0.15, -0.1) is 0 Å². The Morgan fingerprint density at radius 1 is 1.33 bits per heavy atom. The lowest BCUT2D eigenvalue weighted by molar-refractivity contribution is -0.00887. The molecule has 0 aromatic carbocycles. The highest BCUT2D eigenvalue weighted by molar-refractivity contribution is 4.87. The van der Waals surface area contributed by atoms with Crippen LogP contribution in [0.5, 0.6) is 0 Å². The van der Waals surface area contributed by atoms with Crippen LogP contribution in [0.1, 0.15) is 52.9 Å². The normalized spacial score (nSPS) is 32.2. The van der Waals surface area contributed by atoms with E-state index in [9.17, 15) is 5.11 Å². The van der Waals surface area contributed by atoms with Gasteiger partial charge in [-0.25, -0.2) is 0 Å². The Morgan fingerprint density at radius 3 is 2.40 bits per heavy atom. The van der Waals surface area contributed by atoms with Crippen LogP contribution in [-0.2, 0) is 0 Å². The zero-order chi connectivity index (χ0) is 11.3. The second-order valence-corrected chi connectivity index (χ2v) is 5.60. The summed E-state index contributed by atoms with van der Waals surface area (Å²) in [5.74, 6) is 1.52. The summed E-state index contributed by atoms with van der Waals surface area (Å²) in [5, 5.41) is 13.7. The molecule has 1 aliphatic rings. The molecule has 1 fully saturated rings. The Balaban J connectivity index is 2.22. The van der Waals surface area contributed by atoms with Gasteiger partial charge in [0.25, 0.3) is 0 Å². The fourth-order valence-electron chi connectivity index (χ4n) is 2.39. The number of hydrogen-bond acceptors (Lipinski definition) is 2. The molecule has 15 heavy (non-hydrogen) atoms. The van der Waals surface area contributed by atoms with E-state index in [1.165, 1.54) is 19.3 Å². The Kier molecular flexibility index (Phi) is 5.07. The quantitative estimate of drug-likeness (QED) is 0.735. The molecule has 0 radical (unpaired) electrons. The van der Waals surface area contributed by atoms with Gasteiger partial charge in [0.15, 0.2) is 0 Å². The Hall–Kier alpha value is -0.0800. The molecule has 0 aliphatic heterocycles. The third-order valence-corrected chi connectivity index (χ3v) is 3.62. The van der Waals surface area contributed by atoms with Crippen molar-refractivity contribution in [3.05, 3.63) is 0 Å². The van der Waals surface area contributed by atoms with Gasteiger partial charge in [0.1, 0.15) is 0 Å². The summed E-state index contributed by atoms with van der Waals surface area (Å²) in [6.45, 7) is 8.45. The molecule has 0 spiro atoms. The molecule has 0 bridgehead atoms. The average Bonchev–Trinajstić information content (AvgIpc) is 2.18. The smallest absolute Gasteiger partial charge is 0.0771 e. The zero-order valence-corrected chi connectivity index (χ0v) is 10.6. The van der Waals surface area contributed by atoms with Crippen molar-refractivity contribution in [3.8, 4) is 0 Å². The average molecular weight is 213 g/mol. The van der Waals surface area contributed by atoms with Gasteiger partial charge in [-0.3, -0.25) is 0 Å². The van der Waals surface area contributed by atoms with Crippen molar-refractivity contribution in [1.29, 1.82) is 0 Å². The number of rotatable bonds is 5. The van der Waals surface area contributed by atoms with Gasteiger partial charge >= 0.3 is 0 Å². The highest BCUT2D eigenvalue weighted by Crippen LogP contribution is 2.33. The van der Waals surface area contributed by atoms with Gasteiger partial charge in [-0.1, -0.05) is 27.2 Å². The Labute approximate surface area is 94.5 Å². The minimum Gasteiger partial charge on any atom is -0.389 e. The molecule has 2 N–H and O–H groups in total. The van der Waals surface area contributed by atoms with Crippen LogP contribution in [0.4, 0.5) is 0 Å². The van der Waals surface area contributed by atoms with Crippen LogP contribution in [0, 0.1) is 11.8 Å². The van der Waals surface area contributed by atoms with Crippen molar-refractivity contribution in [2.45, 2.75) is 58.5 Å². The predicted molar refractivity (Wildman–Crippen MR) is 64.9 cm³/mol. The van der Waals surface area contributed by atoms with E-state index in [-0.39, 0.29) is 0 Å². The summed E-state index contributed by atoms with van der Waals surface area (Å²) in [6, 6.07) is 0. The number of aliphatic hydroxyl groups is 1. The summed E-state index contributed by atoms with van der Waals surface area (Å²) in [6.07, 6.45) is 5.65. The molecule has 0 aromatic heterocycles. The zero-order valence-electron chi connectivity index (χ0n) is 10.6. The molecule has 0 saturated heterocycles. The van der Waals surface area contributed by atoms with Crippen molar-refractivity contribution in [2.75, 3.05) is 13.1 Å². The molecule has 0 atom stereocenters. The van der Waals surface area contributed by atoms with Gasteiger partial charge in [0, 0.05) is 6.54 Å². The van der Waals surface area contributed by atoms with E-state index in [1.54, 1.807) is 0 Å². The molecular weight excluding hydrogens is 186 g/mol. The van der Waals surface area contributed by atoms with E-state index in [1.807, 2.05) is 0 Å². The molecule has 0 heterocycles. The third-order valence-electron chi connectivity index (χ3n) is 3.62. The Morgan fingerprint density at radius 2 is 1.93 bits per heavy atom. The van der Waals surface area contributed by atoms with E-state index in [0.717, 1.165) is 31.8 Å². The van der Waals surface area contributed by atoms with Gasteiger partial charge in [0.2, 0.25) is 0 Å². The first-order valence-corrected chi connectivity index (χ1v) is 6.49. The summed E-state index contributed by atoms with van der Waals surface area (Å²) >= 11 is 0. The van der Waals surface area contributed by atoms with Gasteiger partial charge < -0.3 is 10.4 Å². The second kappa shape index (κ2) is 5.86. The number of nitrogens with one attached hydrogen (secondary N) is 1. The fourth-order valence-corrected chi connectivity index (χ4v) is 2.39. The molecule has 1 aliphatic carbocycles. The van der Waals surface area contributed by atoms with Crippen molar-refractivity contribution in [3.63, 3.8) is 0 Å². The third kappa shape index (κ3) is 4.52. The molecule has 2 heteroatoms. The molecule has 1 rings (SSSR count). The SMILES string of the molecule is CCC1CCC(O)(CNCC(C)C)CC1. The van der Waals surface area contributed by atoms with Crippen LogP contribution in [0.2, 0.25) is 0 Å². The molecule has 0 unspecified atom stereocenters. The van der Waals surface area contributed by atoms with Gasteiger partial charge in [0.05, 0.1) is 5.60 Å². The maximum atomic E-state index is 10.3. The summed E-state index contributed by atoms with van der Waals surface area (Å²) in [4.78, 5) is 0. The first kappa shape index (κ1) is 13.0. The van der Waals surface area contributed by atoms with Crippen molar-refractivity contribution in [2.24, 2.45) is 11.8 Å². The van der Waals surface area contributed by atoms with E-state index < -0.39 is 5.60 Å². The second-order valence-electron chi connectivity index (χ2n) is 5.60. The lowest BCUT2D eigenvalue weighted by atomic mass is 9.78. The van der Waals surface area contributed by atoms with E-state index in [0.29, 0.717) is 5.92 Å². The molecule has 0 amide bonds. The summed E-state index contributed by atoms with van der Waals surface area (Å²) in [5.41, 5.74) is -0.416. The molecule has 0 aromatic rings. The highest BCUT2D eigenvalue weighted by atomic mass is 16.3. The maximum absolute atomic E-state index is 10.3. The van der Waals surface area contributed by atoms with Crippen molar-refractivity contribution >= 4 is 0 Å². The molecule has 2 nitrogen and oxygen atoms in total. The van der Waals surface area contributed by atoms with E-state index in [4.69, 9.17) is 0 Å². The maximum Gasteiger partial charge on any atom is 0.0771 e. The minimum atomic E-state index is -0.416. The predicted octanol–water partition coefficient (Wildman–Crippen LogP) is 2.56. The monoisotopic (exact) mass is 213 g/mol. The van der Waals surface area contributed by atoms with Gasteiger partial charge in [-0.05, 0) is 44.1 Å². The summed E-state index contributed by atoms with van der Waals surface area (Å²) < 4.78 is 0. The topological polar surface area (TPSA) is 32.3 Å². The van der Waals surface area contributed by atoms with Crippen molar-refractivity contribution < 1.29 is 5.11 Å². The van der Waals surface area contributed by atoms with Crippen LogP contribution in [-0.4, -0.2) is 23.8 Å². The number of hydrogen-bond donors (Lipinski definition) is 2. The fraction of sp³-hybridized carbons (Fsp3) is 1.00. The largest absolute Gasteiger partial charge is 0.389 e. The molecular formula is C13H27NO. The van der Waals surface area contributed by atoms with Crippen LogP contribution >= 0.6 is 0 Å². The lowest BCUT2D eigenvalue weighted by Crippen LogP contribution is -2.44. The van der Waals surface area contributed by atoms with Crippen LogP contribution in [0.25, 0.3) is 0 Å². The van der Waals surface area contributed by atoms with Crippen LogP contribution in [0.3, 0.4) is 0 Å². The van der Waals surface area contributed by atoms with Gasteiger partial charge in [-0.2, -0.15) is 0 Å². The first-order chi connectivity index (χ1) is 7.06. The summed E-state index contributed by atoms with van der Waals surface area (Å²) in [7, 11) is 0. The van der Waals surface area contributed by atoms with E-state index >= 15 is 0 Å². The van der Waals surface area contributed by atoms with Crippen molar-refractivity contribution in [1.82, 2.24) is 5.32 Å². The van der Waals surface area contributed by atoms with E-state index in [2.05, 4.69) is 26.1 Å². The first-order valence-electron chi connectivity index (χ1n) is 6.49. The lowest BCUT2D eigenvalue weighted by Gasteiger charge is -2.36. The highest BCUT2D eigenvalue weighted by Gasteiger charge is 2.31. The van der Waals surface area contributed by atoms with Crippen LogP contribution in [0.15, 0.2) is 0 Å². The molecule has 90 valence electrons. The Bertz CT molecular complexity index is 171. The standard InChI is InChI=1S/C13H27NO/c1-4-12-5-7-13(15,8-6-12)10-14-9-11(2)3/h11-12,14-15H,4-10H2,1-3H3. The van der Waals surface area contributed by atoms with Crippen LogP contribution < -0.4 is 5.32 Å². The molecule has 1 saturated carbocycles. The minimum absolute atomic E-state index is 0.416.